The second-order valence-corrected chi connectivity index (χ2v) is 5.36. The van der Waals surface area contributed by atoms with Crippen molar-refractivity contribution in [3.8, 4) is 17.2 Å². The molecule has 0 unspecified atom stereocenters. The first-order valence-corrected chi connectivity index (χ1v) is 7.95. The lowest BCUT2D eigenvalue weighted by molar-refractivity contribution is -0.274. The summed E-state index contributed by atoms with van der Waals surface area (Å²) in [6.45, 7) is 0.777. The first kappa shape index (κ1) is 19.6. The van der Waals surface area contributed by atoms with Gasteiger partial charge < -0.3 is 24.8 Å². The van der Waals surface area contributed by atoms with E-state index in [2.05, 4.69) is 15.4 Å². The summed E-state index contributed by atoms with van der Waals surface area (Å²) < 4.78 is 50.9. The maximum absolute atomic E-state index is 12.1. The number of anilines is 1. The van der Waals surface area contributed by atoms with E-state index in [0.717, 1.165) is 0 Å². The van der Waals surface area contributed by atoms with Gasteiger partial charge in [-0.25, -0.2) is 0 Å². The lowest BCUT2D eigenvalue weighted by Gasteiger charge is -2.13. The minimum absolute atomic E-state index is 0.299. The fourth-order valence-corrected chi connectivity index (χ4v) is 2.20. The second-order valence-electron chi connectivity index (χ2n) is 4.95. The normalized spacial score (nSPS) is 10.8. The number of para-hydroxylation sites is 2. The summed E-state index contributed by atoms with van der Waals surface area (Å²) in [5.74, 6) is 0.956. The third kappa shape index (κ3) is 6.67. The van der Waals surface area contributed by atoms with Gasteiger partial charge in [0.1, 0.15) is 12.4 Å². The number of thiocarbonyl (C=S) groups is 1. The van der Waals surface area contributed by atoms with Crippen LogP contribution in [0.1, 0.15) is 0 Å². The van der Waals surface area contributed by atoms with E-state index in [1.54, 1.807) is 19.2 Å². The molecular formula is C17H17F3N2O3S. The molecule has 9 heteroatoms. The van der Waals surface area contributed by atoms with Gasteiger partial charge in [0.05, 0.1) is 13.7 Å². The molecule has 0 aromatic heterocycles. The Morgan fingerprint density at radius 3 is 2.31 bits per heavy atom. The average molecular weight is 386 g/mol. The van der Waals surface area contributed by atoms with Crippen molar-refractivity contribution in [2.75, 3.05) is 25.6 Å². The zero-order chi connectivity index (χ0) is 19.0. The topological polar surface area (TPSA) is 51.8 Å². The van der Waals surface area contributed by atoms with Gasteiger partial charge in [0.2, 0.25) is 0 Å². The Morgan fingerprint density at radius 2 is 1.69 bits per heavy atom. The molecule has 0 radical (unpaired) electrons. The van der Waals surface area contributed by atoms with Crippen LogP contribution in [-0.2, 0) is 0 Å². The predicted octanol–water partition coefficient (Wildman–Crippen LogP) is 3.96. The fourth-order valence-electron chi connectivity index (χ4n) is 1.98. The van der Waals surface area contributed by atoms with Crippen LogP contribution in [0.15, 0.2) is 48.5 Å². The highest BCUT2D eigenvalue weighted by Gasteiger charge is 2.30. The monoisotopic (exact) mass is 386 g/mol. The SMILES string of the molecule is COc1ccccc1OCCNC(=S)Nc1ccc(OC(F)(F)F)cc1. The van der Waals surface area contributed by atoms with Gasteiger partial charge >= 0.3 is 6.36 Å². The number of ether oxygens (including phenoxy) is 3. The summed E-state index contributed by atoms with van der Waals surface area (Å²) in [5, 5.41) is 6.11. The van der Waals surface area contributed by atoms with Crippen LogP contribution >= 0.6 is 12.2 Å². The average Bonchev–Trinajstić information content (AvgIpc) is 2.59. The van der Waals surface area contributed by atoms with Crippen molar-refractivity contribution in [1.82, 2.24) is 5.32 Å². The van der Waals surface area contributed by atoms with Crippen molar-refractivity contribution < 1.29 is 27.4 Å². The summed E-state index contributed by atoms with van der Waals surface area (Å²) in [6.07, 6.45) is -4.72. The molecule has 0 bridgehead atoms. The van der Waals surface area contributed by atoms with Gasteiger partial charge in [0, 0.05) is 5.69 Å². The van der Waals surface area contributed by atoms with Crippen molar-refractivity contribution in [3.63, 3.8) is 0 Å². The van der Waals surface area contributed by atoms with E-state index in [1.165, 1.54) is 24.3 Å². The van der Waals surface area contributed by atoms with Gasteiger partial charge in [0.15, 0.2) is 16.6 Å². The summed E-state index contributed by atoms with van der Waals surface area (Å²) >= 11 is 5.12. The van der Waals surface area contributed by atoms with E-state index in [4.69, 9.17) is 21.7 Å². The summed E-state index contributed by atoms with van der Waals surface area (Å²) in [6, 6.07) is 12.5. The zero-order valence-corrected chi connectivity index (χ0v) is 14.6. The Morgan fingerprint density at radius 1 is 1.04 bits per heavy atom. The maximum Gasteiger partial charge on any atom is 0.573 e. The number of hydrogen-bond acceptors (Lipinski definition) is 4. The largest absolute Gasteiger partial charge is 0.573 e. The quantitative estimate of drug-likeness (QED) is 0.555. The van der Waals surface area contributed by atoms with Gasteiger partial charge in [-0.3, -0.25) is 0 Å². The highest BCUT2D eigenvalue weighted by molar-refractivity contribution is 7.80. The molecule has 5 nitrogen and oxygen atoms in total. The number of halogens is 3. The van der Waals surface area contributed by atoms with Crippen molar-refractivity contribution in [2.45, 2.75) is 6.36 Å². The Hall–Kier alpha value is -2.68. The number of rotatable bonds is 7. The van der Waals surface area contributed by atoms with Crippen molar-refractivity contribution in [1.29, 1.82) is 0 Å². The van der Waals surface area contributed by atoms with Crippen molar-refractivity contribution in [3.05, 3.63) is 48.5 Å². The Kier molecular flexibility index (Phi) is 6.90. The molecular weight excluding hydrogens is 369 g/mol. The number of hydrogen-bond donors (Lipinski definition) is 2. The lowest BCUT2D eigenvalue weighted by Crippen LogP contribution is -2.31. The third-order valence-corrected chi connectivity index (χ3v) is 3.31. The molecule has 2 N–H and O–H groups in total. The summed E-state index contributed by atoms with van der Waals surface area (Å²) in [4.78, 5) is 0. The van der Waals surface area contributed by atoms with Crippen molar-refractivity contribution in [2.24, 2.45) is 0 Å². The van der Waals surface area contributed by atoms with E-state index in [0.29, 0.717) is 35.5 Å². The van der Waals surface area contributed by atoms with Crippen LogP contribution in [0.2, 0.25) is 0 Å². The van der Waals surface area contributed by atoms with Crippen LogP contribution in [0.3, 0.4) is 0 Å². The lowest BCUT2D eigenvalue weighted by atomic mass is 10.3. The molecule has 140 valence electrons. The Labute approximate surface area is 154 Å². The Balaban J connectivity index is 1.73. The summed E-state index contributed by atoms with van der Waals surface area (Å²) in [7, 11) is 1.56. The zero-order valence-electron chi connectivity index (χ0n) is 13.8. The van der Waals surface area contributed by atoms with E-state index < -0.39 is 6.36 Å². The molecule has 0 fully saturated rings. The van der Waals surface area contributed by atoms with Gasteiger partial charge in [-0.15, -0.1) is 13.2 Å². The molecule has 0 saturated heterocycles. The number of nitrogens with one attached hydrogen (secondary N) is 2. The second kappa shape index (κ2) is 9.14. The first-order valence-electron chi connectivity index (χ1n) is 7.54. The van der Waals surface area contributed by atoms with Crippen LogP contribution in [0, 0.1) is 0 Å². The minimum Gasteiger partial charge on any atom is -0.493 e. The molecule has 0 spiro atoms. The predicted molar refractivity (Wildman–Crippen MR) is 95.8 cm³/mol. The van der Waals surface area contributed by atoms with Crippen LogP contribution in [0.25, 0.3) is 0 Å². The van der Waals surface area contributed by atoms with Gasteiger partial charge in [-0.05, 0) is 48.6 Å². The molecule has 0 aliphatic carbocycles. The molecule has 0 heterocycles. The summed E-state index contributed by atoms with van der Waals surface area (Å²) in [5.41, 5.74) is 0.530. The molecule has 0 aliphatic rings. The molecule has 0 aliphatic heterocycles. The van der Waals surface area contributed by atoms with Crippen LogP contribution in [-0.4, -0.2) is 31.7 Å². The highest BCUT2D eigenvalue weighted by Crippen LogP contribution is 2.25. The van der Waals surface area contributed by atoms with Crippen LogP contribution in [0.4, 0.5) is 18.9 Å². The number of alkyl halides is 3. The third-order valence-electron chi connectivity index (χ3n) is 3.06. The smallest absolute Gasteiger partial charge is 0.493 e. The van der Waals surface area contributed by atoms with Crippen LogP contribution < -0.4 is 24.8 Å². The standard InChI is InChI=1S/C17H17F3N2O3S/c1-23-14-4-2-3-5-15(14)24-11-10-21-16(26)22-12-6-8-13(9-7-12)25-17(18,19)20/h2-9H,10-11H2,1H3,(H2,21,22,26). The number of methoxy groups -OCH3 is 1. The van der Waals surface area contributed by atoms with E-state index in [9.17, 15) is 13.2 Å². The first-order chi connectivity index (χ1) is 12.4. The van der Waals surface area contributed by atoms with E-state index >= 15 is 0 Å². The van der Waals surface area contributed by atoms with Gasteiger partial charge in [-0.1, -0.05) is 12.1 Å². The molecule has 2 aromatic carbocycles. The highest BCUT2D eigenvalue weighted by atomic mass is 32.1. The Bertz CT molecular complexity index is 724. The van der Waals surface area contributed by atoms with Crippen molar-refractivity contribution >= 4 is 23.0 Å². The molecule has 26 heavy (non-hydrogen) atoms. The molecule has 0 amide bonds. The molecule has 2 aromatic rings. The number of benzene rings is 2. The van der Waals surface area contributed by atoms with E-state index in [-0.39, 0.29) is 5.75 Å². The molecule has 0 saturated carbocycles. The van der Waals surface area contributed by atoms with Crippen LogP contribution in [0.5, 0.6) is 17.2 Å². The molecule has 0 atom stereocenters. The van der Waals surface area contributed by atoms with E-state index in [1.807, 2.05) is 12.1 Å². The minimum atomic E-state index is -4.72. The van der Waals surface area contributed by atoms with Gasteiger partial charge in [0.25, 0.3) is 0 Å². The maximum atomic E-state index is 12.1. The van der Waals surface area contributed by atoms with Gasteiger partial charge in [-0.2, -0.15) is 0 Å². The molecule has 2 rings (SSSR count). The fraction of sp³-hybridized carbons (Fsp3) is 0.235.